The van der Waals surface area contributed by atoms with E-state index in [1.165, 1.54) is 0 Å². The van der Waals surface area contributed by atoms with Gasteiger partial charge in [-0.2, -0.15) is 0 Å². The van der Waals surface area contributed by atoms with Gasteiger partial charge in [0.1, 0.15) is 5.60 Å². The number of carbonyl (C=O) groups excluding carboxylic acids is 1. The standard InChI is InChI=1S/C18H28N2O3/c1-11-8-13(9-12(2)16(11)21)14-6-7-19-10-15(14)20-17(22)23-18(3,4)5/h6-7,10-13,16,21H,8-9H2,1-5H3,(H,20,22)/t11-,12+,13?,16?. The maximum absolute atomic E-state index is 12.0. The normalized spacial score (nSPS) is 28.3. The van der Waals surface area contributed by atoms with Crippen molar-refractivity contribution in [1.29, 1.82) is 0 Å². The minimum Gasteiger partial charge on any atom is -0.444 e. The van der Waals surface area contributed by atoms with Crippen LogP contribution in [0.25, 0.3) is 0 Å². The van der Waals surface area contributed by atoms with Gasteiger partial charge in [-0.15, -0.1) is 0 Å². The topological polar surface area (TPSA) is 71.5 Å². The number of amides is 1. The van der Waals surface area contributed by atoms with Gasteiger partial charge in [0.15, 0.2) is 0 Å². The molecule has 2 N–H and O–H groups in total. The van der Waals surface area contributed by atoms with E-state index < -0.39 is 11.7 Å². The predicted molar refractivity (Wildman–Crippen MR) is 90.4 cm³/mol. The van der Waals surface area contributed by atoms with Gasteiger partial charge >= 0.3 is 6.09 Å². The maximum Gasteiger partial charge on any atom is 0.412 e. The zero-order valence-corrected chi connectivity index (χ0v) is 14.7. The van der Waals surface area contributed by atoms with E-state index >= 15 is 0 Å². The van der Waals surface area contributed by atoms with Crippen LogP contribution in [0.4, 0.5) is 10.5 Å². The number of carbonyl (C=O) groups is 1. The van der Waals surface area contributed by atoms with Crippen LogP contribution >= 0.6 is 0 Å². The van der Waals surface area contributed by atoms with E-state index in [-0.39, 0.29) is 17.9 Å². The largest absolute Gasteiger partial charge is 0.444 e. The molecule has 1 fully saturated rings. The highest BCUT2D eigenvalue weighted by Crippen LogP contribution is 2.41. The van der Waals surface area contributed by atoms with E-state index in [0.717, 1.165) is 18.4 Å². The molecule has 1 aromatic rings. The molecule has 1 amide bonds. The summed E-state index contributed by atoms with van der Waals surface area (Å²) in [7, 11) is 0. The molecule has 1 aromatic heterocycles. The van der Waals surface area contributed by atoms with Crippen molar-refractivity contribution in [3.63, 3.8) is 0 Å². The van der Waals surface area contributed by atoms with Crippen molar-refractivity contribution in [2.45, 2.75) is 65.1 Å². The summed E-state index contributed by atoms with van der Waals surface area (Å²) in [5.74, 6) is 0.786. The summed E-state index contributed by atoms with van der Waals surface area (Å²) >= 11 is 0. The first-order chi connectivity index (χ1) is 10.7. The highest BCUT2D eigenvalue weighted by atomic mass is 16.6. The van der Waals surface area contributed by atoms with E-state index in [2.05, 4.69) is 24.1 Å². The number of ether oxygens (including phenoxy) is 1. The number of pyridine rings is 1. The van der Waals surface area contributed by atoms with Crippen molar-refractivity contribution >= 4 is 11.8 Å². The lowest BCUT2D eigenvalue weighted by molar-refractivity contribution is 0.0252. The molecule has 0 radical (unpaired) electrons. The molecule has 0 spiro atoms. The second kappa shape index (κ2) is 6.87. The maximum atomic E-state index is 12.0. The molecule has 0 aromatic carbocycles. The molecule has 23 heavy (non-hydrogen) atoms. The molecule has 1 heterocycles. The Morgan fingerprint density at radius 3 is 2.48 bits per heavy atom. The quantitative estimate of drug-likeness (QED) is 0.866. The smallest absolute Gasteiger partial charge is 0.412 e. The lowest BCUT2D eigenvalue weighted by Gasteiger charge is -2.36. The Balaban J connectivity index is 2.16. The first-order valence-corrected chi connectivity index (χ1v) is 8.29. The molecule has 0 saturated heterocycles. The third-order valence-corrected chi connectivity index (χ3v) is 4.41. The molecule has 0 bridgehead atoms. The summed E-state index contributed by atoms with van der Waals surface area (Å²) in [6.07, 6.45) is 4.49. The lowest BCUT2D eigenvalue weighted by Crippen LogP contribution is -2.34. The van der Waals surface area contributed by atoms with E-state index in [4.69, 9.17) is 4.74 Å². The summed E-state index contributed by atoms with van der Waals surface area (Å²) in [5.41, 5.74) is 1.23. The van der Waals surface area contributed by atoms with E-state index in [1.54, 1.807) is 12.4 Å². The van der Waals surface area contributed by atoms with Crippen LogP contribution in [-0.2, 0) is 4.74 Å². The molecule has 1 aliphatic carbocycles. The number of nitrogens with one attached hydrogen (secondary N) is 1. The minimum absolute atomic E-state index is 0.242. The summed E-state index contributed by atoms with van der Waals surface area (Å²) in [5, 5.41) is 13.0. The first kappa shape index (κ1) is 17.7. The Hall–Kier alpha value is -1.62. The van der Waals surface area contributed by atoms with Crippen LogP contribution < -0.4 is 5.32 Å². The van der Waals surface area contributed by atoms with E-state index in [9.17, 15) is 9.90 Å². The fraction of sp³-hybridized carbons (Fsp3) is 0.667. The zero-order chi connectivity index (χ0) is 17.2. The van der Waals surface area contributed by atoms with Crippen LogP contribution in [0.1, 0.15) is 58.9 Å². The van der Waals surface area contributed by atoms with Crippen LogP contribution in [0.3, 0.4) is 0 Å². The number of aromatic nitrogens is 1. The fourth-order valence-corrected chi connectivity index (χ4v) is 3.37. The second-order valence-electron chi connectivity index (χ2n) is 7.70. The summed E-state index contributed by atoms with van der Waals surface area (Å²) in [6.45, 7) is 9.67. The fourth-order valence-electron chi connectivity index (χ4n) is 3.37. The third kappa shape index (κ3) is 4.67. The predicted octanol–water partition coefficient (Wildman–Crippen LogP) is 3.94. The van der Waals surface area contributed by atoms with Crippen molar-refractivity contribution in [2.24, 2.45) is 11.8 Å². The number of aliphatic hydroxyl groups is 1. The highest BCUT2D eigenvalue weighted by Gasteiger charge is 2.33. The third-order valence-electron chi connectivity index (χ3n) is 4.41. The number of rotatable bonds is 2. The summed E-state index contributed by atoms with van der Waals surface area (Å²) in [4.78, 5) is 16.2. The van der Waals surface area contributed by atoms with Gasteiger partial charge in [-0.25, -0.2) is 4.79 Å². The Kier molecular flexibility index (Phi) is 5.30. The van der Waals surface area contributed by atoms with Gasteiger partial charge in [0.25, 0.3) is 0 Å². The average molecular weight is 320 g/mol. The van der Waals surface area contributed by atoms with Gasteiger partial charge in [-0.05, 0) is 63.0 Å². The minimum atomic E-state index is -0.537. The summed E-state index contributed by atoms with van der Waals surface area (Å²) in [6, 6.07) is 1.95. The van der Waals surface area contributed by atoms with Gasteiger partial charge in [-0.1, -0.05) is 13.8 Å². The zero-order valence-electron chi connectivity index (χ0n) is 14.7. The number of nitrogens with zero attached hydrogens (tertiary/aromatic N) is 1. The van der Waals surface area contributed by atoms with Gasteiger partial charge in [0.05, 0.1) is 18.0 Å². The second-order valence-corrected chi connectivity index (χ2v) is 7.70. The molecule has 128 valence electrons. The monoisotopic (exact) mass is 320 g/mol. The lowest BCUT2D eigenvalue weighted by atomic mass is 9.72. The Bertz CT molecular complexity index is 541. The molecule has 2 rings (SSSR count). The van der Waals surface area contributed by atoms with Crippen LogP contribution in [-0.4, -0.2) is 27.9 Å². The van der Waals surface area contributed by atoms with Crippen LogP contribution in [0.2, 0.25) is 0 Å². The van der Waals surface area contributed by atoms with E-state index in [1.807, 2.05) is 26.8 Å². The highest BCUT2D eigenvalue weighted by molar-refractivity contribution is 5.85. The molecule has 2 unspecified atom stereocenters. The first-order valence-electron chi connectivity index (χ1n) is 8.29. The molecule has 5 nitrogen and oxygen atoms in total. The van der Waals surface area contributed by atoms with Crippen LogP contribution in [0, 0.1) is 11.8 Å². The van der Waals surface area contributed by atoms with Gasteiger partial charge < -0.3 is 9.84 Å². The van der Waals surface area contributed by atoms with Crippen molar-refractivity contribution in [1.82, 2.24) is 4.98 Å². The van der Waals surface area contributed by atoms with Crippen LogP contribution in [0.15, 0.2) is 18.5 Å². The molecule has 1 aliphatic rings. The number of hydrogen-bond donors (Lipinski definition) is 2. The van der Waals surface area contributed by atoms with E-state index in [0.29, 0.717) is 11.6 Å². The summed E-state index contributed by atoms with van der Waals surface area (Å²) < 4.78 is 5.33. The molecule has 0 aliphatic heterocycles. The van der Waals surface area contributed by atoms with Crippen LogP contribution in [0.5, 0.6) is 0 Å². The SMILES string of the molecule is C[C@@H]1CC(c2ccncc2NC(=O)OC(C)(C)C)C[C@H](C)C1O. The average Bonchev–Trinajstić information content (AvgIpc) is 2.42. The molecular formula is C18H28N2O3. The molecule has 4 atom stereocenters. The number of aliphatic hydroxyl groups excluding tert-OH is 1. The molecule has 5 heteroatoms. The van der Waals surface area contributed by atoms with Crippen molar-refractivity contribution in [3.05, 3.63) is 24.0 Å². The van der Waals surface area contributed by atoms with Gasteiger partial charge in [0, 0.05) is 6.20 Å². The molecular weight excluding hydrogens is 292 g/mol. The Labute approximate surface area is 138 Å². The van der Waals surface area contributed by atoms with Crippen molar-refractivity contribution < 1.29 is 14.6 Å². The Morgan fingerprint density at radius 2 is 1.91 bits per heavy atom. The number of anilines is 1. The van der Waals surface area contributed by atoms with Gasteiger partial charge in [0.2, 0.25) is 0 Å². The number of hydrogen-bond acceptors (Lipinski definition) is 4. The molecule has 1 saturated carbocycles. The van der Waals surface area contributed by atoms with Gasteiger partial charge in [-0.3, -0.25) is 10.3 Å². The van der Waals surface area contributed by atoms with Crippen molar-refractivity contribution in [3.8, 4) is 0 Å². The van der Waals surface area contributed by atoms with Crippen molar-refractivity contribution in [2.75, 3.05) is 5.32 Å². The Morgan fingerprint density at radius 1 is 1.30 bits per heavy atom.